The lowest BCUT2D eigenvalue weighted by atomic mass is 10.2. The number of benzene rings is 2. The Morgan fingerprint density at radius 3 is 2.62 bits per heavy atom. The maximum absolute atomic E-state index is 11.7. The molecule has 1 amide bonds. The van der Waals surface area contributed by atoms with Crippen molar-refractivity contribution in [1.29, 1.82) is 0 Å². The van der Waals surface area contributed by atoms with Gasteiger partial charge in [0.15, 0.2) is 0 Å². The highest BCUT2D eigenvalue weighted by atomic mass is 32.2. The summed E-state index contributed by atoms with van der Waals surface area (Å²) in [6, 6.07) is 12.9. The third kappa shape index (κ3) is 5.40. The van der Waals surface area contributed by atoms with Gasteiger partial charge in [-0.1, -0.05) is 24.3 Å². The van der Waals surface area contributed by atoms with Gasteiger partial charge in [-0.15, -0.1) is 11.8 Å². The molecular weight excluding hydrogens is 330 g/mol. The normalized spacial score (nSPS) is 10.7. The molecule has 0 saturated carbocycles. The van der Waals surface area contributed by atoms with Crippen LogP contribution in [0.4, 0.5) is 5.69 Å². The van der Waals surface area contributed by atoms with Crippen LogP contribution in [0.5, 0.6) is 5.75 Å². The number of para-hydroxylation sites is 1. The predicted molar refractivity (Wildman–Crippen MR) is 93.1 cm³/mol. The molecule has 2 aromatic carbocycles. The van der Waals surface area contributed by atoms with Gasteiger partial charge < -0.3 is 5.11 Å². The largest absolute Gasteiger partial charge is 0.507 e. The van der Waals surface area contributed by atoms with Crippen LogP contribution in [0.3, 0.4) is 0 Å². The molecule has 0 fully saturated rings. The van der Waals surface area contributed by atoms with E-state index in [-0.39, 0.29) is 23.1 Å². The van der Waals surface area contributed by atoms with Crippen LogP contribution in [0.2, 0.25) is 0 Å². The van der Waals surface area contributed by atoms with Gasteiger partial charge in [-0.3, -0.25) is 14.9 Å². The molecular formula is C16H15N3O4S. The van der Waals surface area contributed by atoms with Gasteiger partial charge in [0.25, 0.3) is 5.69 Å². The average Bonchev–Trinajstić information content (AvgIpc) is 2.57. The number of nitro benzene ring substituents is 1. The van der Waals surface area contributed by atoms with E-state index in [1.54, 1.807) is 30.3 Å². The summed E-state index contributed by atoms with van der Waals surface area (Å²) in [4.78, 5) is 21.8. The first-order chi connectivity index (χ1) is 11.6. The molecule has 0 aromatic heterocycles. The number of carbonyl (C=O) groups excluding carboxylic acids is 1. The molecule has 0 bridgehead atoms. The number of nitrogens with zero attached hydrogens (tertiary/aromatic N) is 2. The third-order valence-electron chi connectivity index (χ3n) is 2.98. The average molecular weight is 345 g/mol. The summed E-state index contributed by atoms with van der Waals surface area (Å²) in [5.41, 5.74) is 3.83. The van der Waals surface area contributed by atoms with Crippen LogP contribution in [0, 0.1) is 10.1 Å². The number of nitro groups is 1. The fraction of sp³-hybridized carbons (Fsp3) is 0.125. The van der Waals surface area contributed by atoms with Crippen molar-refractivity contribution in [3.63, 3.8) is 0 Å². The highest BCUT2D eigenvalue weighted by Gasteiger charge is 2.05. The molecule has 0 unspecified atom stereocenters. The molecule has 0 atom stereocenters. The molecule has 7 nitrogen and oxygen atoms in total. The number of hydrogen-bond acceptors (Lipinski definition) is 6. The van der Waals surface area contributed by atoms with Crippen LogP contribution >= 0.6 is 11.8 Å². The summed E-state index contributed by atoms with van der Waals surface area (Å²) in [6.07, 6.45) is 1.37. The fourth-order valence-corrected chi connectivity index (χ4v) is 2.56. The molecule has 0 saturated heterocycles. The molecule has 2 rings (SSSR count). The van der Waals surface area contributed by atoms with Crippen molar-refractivity contribution < 1.29 is 14.8 Å². The van der Waals surface area contributed by atoms with Gasteiger partial charge in [0.1, 0.15) is 5.75 Å². The summed E-state index contributed by atoms with van der Waals surface area (Å²) < 4.78 is 0. The van der Waals surface area contributed by atoms with Crippen molar-refractivity contribution in [1.82, 2.24) is 5.43 Å². The van der Waals surface area contributed by atoms with Crippen molar-refractivity contribution in [3.05, 3.63) is 69.8 Å². The van der Waals surface area contributed by atoms with Gasteiger partial charge in [0, 0.05) is 23.4 Å². The van der Waals surface area contributed by atoms with E-state index in [4.69, 9.17) is 0 Å². The second-order valence-corrected chi connectivity index (χ2v) is 5.75. The van der Waals surface area contributed by atoms with Crippen LogP contribution in [0.15, 0.2) is 53.6 Å². The van der Waals surface area contributed by atoms with Gasteiger partial charge >= 0.3 is 0 Å². The smallest absolute Gasteiger partial charge is 0.269 e. The molecule has 0 spiro atoms. The first-order valence-electron chi connectivity index (χ1n) is 6.97. The number of phenolic OH excluding ortho intramolecular Hbond substituents is 1. The van der Waals surface area contributed by atoms with Gasteiger partial charge in [0.05, 0.1) is 16.9 Å². The maximum Gasteiger partial charge on any atom is 0.269 e. The number of hydrazone groups is 1. The molecule has 0 radical (unpaired) electrons. The standard InChI is InChI=1S/C16H15N3O4S/c20-15-4-2-1-3-13(15)9-17-18-16(21)11-24-10-12-5-7-14(8-6-12)19(22)23/h1-9,20H,10-11H2,(H,18,21). The Morgan fingerprint density at radius 1 is 1.25 bits per heavy atom. The molecule has 0 aliphatic carbocycles. The number of rotatable bonds is 7. The van der Waals surface area contributed by atoms with E-state index in [0.29, 0.717) is 11.3 Å². The highest BCUT2D eigenvalue weighted by molar-refractivity contribution is 7.99. The van der Waals surface area contributed by atoms with Crippen LogP contribution in [-0.2, 0) is 10.5 Å². The fourth-order valence-electron chi connectivity index (χ4n) is 1.78. The van der Waals surface area contributed by atoms with E-state index in [1.807, 2.05) is 0 Å². The van der Waals surface area contributed by atoms with E-state index in [2.05, 4.69) is 10.5 Å². The van der Waals surface area contributed by atoms with Gasteiger partial charge in [-0.25, -0.2) is 5.43 Å². The molecule has 0 heterocycles. The number of amides is 1. The minimum Gasteiger partial charge on any atom is -0.507 e. The minimum atomic E-state index is -0.451. The monoisotopic (exact) mass is 345 g/mol. The zero-order chi connectivity index (χ0) is 17.4. The lowest BCUT2D eigenvalue weighted by Gasteiger charge is -2.02. The SMILES string of the molecule is O=C(CSCc1ccc([N+](=O)[O-])cc1)NN=Cc1ccccc1O. The van der Waals surface area contributed by atoms with Crippen LogP contribution < -0.4 is 5.43 Å². The van der Waals surface area contributed by atoms with Crippen molar-refractivity contribution in [2.75, 3.05) is 5.75 Å². The molecule has 124 valence electrons. The number of non-ortho nitro benzene ring substituents is 1. The van der Waals surface area contributed by atoms with Crippen molar-refractivity contribution in [3.8, 4) is 5.75 Å². The summed E-state index contributed by atoms with van der Waals surface area (Å²) in [5, 5.41) is 23.9. The highest BCUT2D eigenvalue weighted by Crippen LogP contribution is 2.16. The number of carbonyl (C=O) groups is 1. The number of thioether (sulfide) groups is 1. The minimum absolute atomic E-state index is 0.0417. The van der Waals surface area contributed by atoms with E-state index in [9.17, 15) is 20.0 Å². The second-order valence-electron chi connectivity index (χ2n) is 4.77. The van der Waals surface area contributed by atoms with Gasteiger partial charge in [-0.05, 0) is 17.7 Å². The van der Waals surface area contributed by atoms with Gasteiger partial charge in [-0.2, -0.15) is 5.10 Å². The first kappa shape index (κ1) is 17.5. The second kappa shape index (κ2) is 8.68. The molecule has 2 aromatic rings. The number of phenols is 1. The maximum atomic E-state index is 11.7. The van der Waals surface area contributed by atoms with Crippen LogP contribution in [-0.4, -0.2) is 27.9 Å². The van der Waals surface area contributed by atoms with E-state index in [0.717, 1.165) is 5.56 Å². The Bertz CT molecular complexity index is 747. The lowest BCUT2D eigenvalue weighted by molar-refractivity contribution is -0.384. The summed E-state index contributed by atoms with van der Waals surface area (Å²) >= 11 is 1.37. The number of nitrogens with one attached hydrogen (secondary N) is 1. The van der Waals surface area contributed by atoms with Crippen molar-refractivity contribution >= 4 is 29.6 Å². The first-order valence-corrected chi connectivity index (χ1v) is 8.12. The van der Waals surface area contributed by atoms with E-state index < -0.39 is 4.92 Å². The molecule has 2 N–H and O–H groups in total. The van der Waals surface area contributed by atoms with Crippen molar-refractivity contribution in [2.24, 2.45) is 5.10 Å². The molecule has 24 heavy (non-hydrogen) atoms. The van der Waals surface area contributed by atoms with Crippen LogP contribution in [0.1, 0.15) is 11.1 Å². The quantitative estimate of drug-likeness (QED) is 0.456. The topological polar surface area (TPSA) is 105 Å². The Balaban J connectivity index is 1.73. The van der Waals surface area contributed by atoms with Crippen LogP contribution in [0.25, 0.3) is 0 Å². The molecule has 8 heteroatoms. The Hall–Kier alpha value is -2.87. The lowest BCUT2D eigenvalue weighted by Crippen LogP contribution is -2.19. The number of hydrogen-bond donors (Lipinski definition) is 2. The predicted octanol–water partition coefficient (Wildman–Crippen LogP) is 2.68. The summed E-state index contributed by atoms with van der Waals surface area (Å²) in [5.74, 6) is 0.584. The summed E-state index contributed by atoms with van der Waals surface area (Å²) in [6.45, 7) is 0. The Labute approximate surface area is 142 Å². The van der Waals surface area contributed by atoms with E-state index in [1.165, 1.54) is 36.2 Å². The van der Waals surface area contributed by atoms with E-state index >= 15 is 0 Å². The third-order valence-corrected chi connectivity index (χ3v) is 3.98. The molecule has 0 aliphatic heterocycles. The van der Waals surface area contributed by atoms with Gasteiger partial charge in [0.2, 0.25) is 5.91 Å². The zero-order valence-electron chi connectivity index (χ0n) is 12.6. The Kier molecular flexibility index (Phi) is 6.32. The van der Waals surface area contributed by atoms with Crippen molar-refractivity contribution in [2.45, 2.75) is 5.75 Å². The Morgan fingerprint density at radius 2 is 1.96 bits per heavy atom. The summed E-state index contributed by atoms with van der Waals surface area (Å²) in [7, 11) is 0. The number of aromatic hydroxyl groups is 1. The zero-order valence-corrected chi connectivity index (χ0v) is 13.4. The molecule has 0 aliphatic rings.